The smallest absolute Gasteiger partial charge is 0.0168 e. The zero-order valence-corrected chi connectivity index (χ0v) is 16.8. The normalized spacial score (nSPS) is 57.0. The Labute approximate surface area is 157 Å². The Morgan fingerprint density at radius 2 is 0.708 bits per heavy atom. The molecule has 0 atom stereocenters. The molecule has 0 aromatic heterocycles. The second-order valence-corrected chi connectivity index (χ2v) is 14.0. The van der Waals surface area contributed by atoms with Crippen LogP contribution in [0.5, 0.6) is 0 Å². The van der Waals surface area contributed by atoms with Gasteiger partial charge < -0.3 is 0 Å². The number of hydrogen-bond acceptors (Lipinski definition) is 2. The average molecular weight is 363 g/mol. The lowest BCUT2D eigenvalue weighted by Gasteiger charge is -2.57. The van der Waals surface area contributed by atoms with E-state index in [0.717, 1.165) is 45.0 Å². The summed E-state index contributed by atoms with van der Waals surface area (Å²) in [5, 5.41) is 0. The Morgan fingerprint density at radius 1 is 0.458 bits per heavy atom. The minimum absolute atomic E-state index is 0.747. The SMILES string of the molecule is C(CSC12CC3CC(CC(C3)C1)C2)SC12CC3CC(CC(C3)C1)C2. The zero-order chi connectivity index (χ0) is 15.8. The summed E-state index contributed by atoms with van der Waals surface area (Å²) >= 11 is 4.88. The molecule has 8 bridgehead atoms. The summed E-state index contributed by atoms with van der Waals surface area (Å²) < 4.78 is 1.49. The van der Waals surface area contributed by atoms with Crippen LogP contribution >= 0.6 is 23.5 Å². The molecule has 8 saturated carbocycles. The molecule has 24 heavy (non-hydrogen) atoms. The van der Waals surface area contributed by atoms with Crippen LogP contribution in [0, 0.1) is 35.5 Å². The summed E-state index contributed by atoms with van der Waals surface area (Å²) in [6.07, 6.45) is 19.1. The minimum atomic E-state index is 0.747. The van der Waals surface area contributed by atoms with Crippen LogP contribution in [-0.4, -0.2) is 21.0 Å². The van der Waals surface area contributed by atoms with Gasteiger partial charge in [-0.15, -0.1) is 0 Å². The van der Waals surface area contributed by atoms with Crippen LogP contribution in [0.15, 0.2) is 0 Å². The van der Waals surface area contributed by atoms with Gasteiger partial charge in [-0.05, 0) is 113 Å². The van der Waals surface area contributed by atoms with Gasteiger partial charge >= 0.3 is 0 Å². The van der Waals surface area contributed by atoms with Gasteiger partial charge in [0.15, 0.2) is 0 Å². The zero-order valence-electron chi connectivity index (χ0n) is 15.2. The van der Waals surface area contributed by atoms with E-state index in [1.165, 1.54) is 11.5 Å². The largest absolute Gasteiger partial charge is 0.154 e. The third-order valence-electron chi connectivity index (χ3n) is 8.86. The van der Waals surface area contributed by atoms with Crippen molar-refractivity contribution in [1.82, 2.24) is 0 Å². The summed E-state index contributed by atoms with van der Waals surface area (Å²) in [7, 11) is 0. The van der Waals surface area contributed by atoms with E-state index in [-0.39, 0.29) is 0 Å². The van der Waals surface area contributed by atoms with Gasteiger partial charge in [-0.25, -0.2) is 0 Å². The van der Waals surface area contributed by atoms with E-state index in [0.29, 0.717) is 0 Å². The lowest BCUT2D eigenvalue weighted by Crippen LogP contribution is -2.49. The van der Waals surface area contributed by atoms with Crippen molar-refractivity contribution in [3.63, 3.8) is 0 Å². The molecule has 8 aliphatic rings. The number of thioether (sulfide) groups is 2. The highest BCUT2D eigenvalue weighted by molar-refractivity contribution is 8.04. The van der Waals surface area contributed by atoms with Gasteiger partial charge in [0, 0.05) is 21.0 Å². The van der Waals surface area contributed by atoms with E-state index >= 15 is 0 Å². The Morgan fingerprint density at radius 3 is 0.958 bits per heavy atom. The first-order valence-corrected chi connectivity index (χ1v) is 12.9. The molecule has 0 aliphatic heterocycles. The summed E-state index contributed by atoms with van der Waals surface area (Å²) in [6.45, 7) is 0. The molecule has 0 aromatic carbocycles. The molecule has 8 aliphatic carbocycles. The molecule has 0 radical (unpaired) electrons. The van der Waals surface area contributed by atoms with Crippen molar-refractivity contribution in [1.29, 1.82) is 0 Å². The van der Waals surface area contributed by atoms with Crippen molar-refractivity contribution in [2.45, 2.75) is 86.5 Å². The molecule has 0 heterocycles. The van der Waals surface area contributed by atoms with Crippen LogP contribution in [-0.2, 0) is 0 Å². The molecule has 8 fully saturated rings. The van der Waals surface area contributed by atoms with Crippen molar-refractivity contribution in [3.05, 3.63) is 0 Å². The van der Waals surface area contributed by atoms with E-state index in [1.54, 1.807) is 77.0 Å². The molecule has 2 heteroatoms. The topological polar surface area (TPSA) is 0 Å². The Balaban J connectivity index is 1.05. The molecule has 0 spiro atoms. The van der Waals surface area contributed by atoms with Gasteiger partial charge in [-0.2, -0.15) is 23.5 Å². The molecule has 134 valence electrons. The highest BCUT2D eigenvalue weighted by Crippen LogP contribution is 2.62. The summed E-state index contributed by atoms with van der Waals surface area (Å²) in [6, 6.07) is 0. The maximum absolute atomic E-state index is 2.44. The lowest BCUT2D eigenvalue weighted by atomic mass is 9.56. The van der Waals surface area contributed by atoms with Crippen LogP contribution in [0.2, 0.25) is 0 Å². The maximum Gasteiger partial charge on any atom is 0.0168 e. The van der Waals surface area contributed by atoms with E-state index < -0.39 is 0 Å². The number of rotatable bonds is 5. The van der Waals surface area contributed by atoms with Gasteiger partial charge in [0.2, 0.25) is 0 Å². The highest BCUT2D eigenvalue weighted by Gasteiger charge is 2.52. The molecule has 0 saturated heterocycles. The monoisotopic (exact) mass is 362 g/mol. The molecule has 8 rings (SSSR count). The van der Waals surface area contributed by atoms with Crippen molar-refractivity contribution < 1.29 is 0 Å². The van der Waals surface area contributed by atoms with Crippen LogP contribution in [0.25, 0.3) is 0 Å². The number of hydrogen-bond donors (Lipinski definition) is 0. The first-order valence-electron chi connectivity index (χ1n) is 11.0. The fourth-order valence-corrected chi connectivity index (χ4v) is 12.6. The molecule has 0 unspecified atom stereocenters. The second kappa shape index (κ2) is 5.60. The Bertz CT molecular complexity index is 394. The quantitative estimate of drug-likeness (QED) is 0.520. The molecule has 0 aromatic rings. The maximum atomic E-state index is 2.44. The van der Waals surface area contributed by atoms with Gasteiger partial charge in [0.25, 0.3) is 0 Å². The summed E-state index contributed by atoms with van der Waals surface area (Å²) in [4.78, 5) is 0. The molecular formula is C22H34S2. The van der Waals surface area contributed by atoms with Gasteiger partial charge in [0.1, 0.15) is 0 Å². The fraction of sp³-hybridized carbons (Fsp3) is 1.00. The molecule has 0 N–H and O–H groups in total. The Kier molecular flexibility index (Phi) is 3.67. The molecule has 0 amide bonds. The Hall–Kier alpha value is 0.700. The summed E-state index contributed by atoms with van der Waals surface area (Å²) in [5.41, 5.74) is 0. The predicted octanol–water partition coefficient (Wildman–Crippen LogP) is 6.39. The lowest BCUT2D eigenvalue weighted by molar-refractivity contribution is 0.0379. The third-order valence-corrected chi connectivity index (χ3v) is 12.2. The average Bonchev–Trinajstić information content (AvgIpc) is 2.49. The van der Waals surface area contributed by atoms with Crippen LogP contribution in [0.3, 0.4) is 0 Å². The predicted molar refractivity (Wildman–Crippen MR) is 107 cm³/mol. The van der Waals surface area contributed by atoms with E-state index in [2.05, 4.69) is 23.5 Å². The fourth-order valence-electron chi connectivity index (χ4n) is 8.93. The van der Waals surface area contributed by atoms with Crippen LogP contribution in [0.1, 0.15) is 77.0 Å². The van der Waals surface area contributed by atoms with Crippen molar-refractivity contribution in [2.75, 3.05) is 11.5 Å². The standard InChI is InChI=1S/C22H34S2/c1(23-21-9-15-3-16(10-21)5-17(4-15)11-21)2-24-22-12-18-6-19(13-22)8-20(7-18)14-22/h15-20H,1-14H2. The molecule has 0 nitrogen and oxygen atoms in total. The summed E-state index contributed by atoms with van der Waals surface area (Å²) in [5.74, 6) is 9.66. The van der Waals surface area contributed by atoms with Gasteiger partial charge in [-0.1, -0.05) is 0 Å². The first-order chi connectivity index (χ1) is 11.7. The second-order valence-electron chi connectivity index (χ2n) is 10.9. The van der Waals surface area contributed by atoms with E-state index in [9.17, 15) is 0 Å². The van der Waals surface area contributed by atoms with Gasteiger partial charge in [-0.3, -0.25) is 0 Å². The van der Waals surface area contributed by atoms with Crippen molar-refractivity contribution in [3.8, 4) is 0 Å². The van der Waals surface area contributed by atoms with Gasteiger partial charge in [0.05, 0.1) is 0 Å². The highest BCUT2D eigenvalue weighted by atomic mass is 32.2. The van der Waals surface area contributed by atoms with E-state index in [4.69, 9.17) is 0 Å². The van der Waals surface area contributed by atoms with Crippen molar-refractivity contribution in [2.24, 2.45) is 35.5 Å². The van der Waals surface area contributed by atoms with Crippen LogP contribution in [0.4, 0.5) is 0 Å². The van der Waals surface area contributed by atoms with Crippen molar-refractivity contribution >= 4 is 23.5 Å². The third kappa shape index (κ3) is 2.63. The first kappa shape index (κ1) is 15.7. The minimum Gasteiger partial charge on any atom is -0.154 e. The van der Waals surface area contributed by atoms with Crippen LogP contribution < -0.4 is 0 Å². The molecular weight excluding hydrogens is 328 g/mol. The van der Waals surface area contributed by atoms with E-state index in [1.807, 2.05) is 0 Å².